The zero-order valence-electron chi connectivity index (χ0n) is 23.4. The molecule has 7 rings (SSSR count). The Morgan fingerprint density at radius 3 is 2.64 bits per heavy atom. The molecular weight excluding hydrogens is 649 g/mol. The summed E-state index contributed by atoms with van der Waals surface area (Å²) in [5, 5.41) is 6.59. The Labute approximate surface area is 265 Å². The standard InChI is InChI=1S/C29H26ClF3N8O2S2/c30-21-13-17(31)4-5-20(21)25-24(22-6-11-41(37-22)28(32)33)23-14-19(16-40(23)26(36-25)27-35-10-12-44-27)38-45(42,43)39-29(7-8-29)15-18-3-1-2-9-34-18/h1-6,9-13,19,25,28,38-39H,7-8,14-16H2/t19-,25-/m0/s1. The Bertz CT molecular complexity index is 1900. The minimum Gasteiger partial charge on any atom is -0.326 e. The number of thiazole rings is 1. The summed E-state index contributed by atoms with van der Waals surface area (Å²) in [6.07, 6.45) is 6.50. The van der Waals surface area contributed by atoms with E-state index in [1.165, 1.54) is 29.5 Å². The molecule has 2 atom stereocenters. The van der Waals surface area contributed by atoms with Crippen LogP contribution in [0.3, 0.4) is 0 Å². The van der Waals surface area contributed by atoms with E-state index in [2.05, 4.69) is 24.5 Å². The van der Waals surface area contributed by atoms with Crippen LogP contribution in [0.25, 0.3) is 5.57 Å². The highest BCUT2D eigenvalue weighted by molar-refractivity contribution is 7.87. The van der Waals surface area contributed by atoms with Crippen LogP contribution >= 0.6 is 22.9 Å². The van der Waals surface area contributed by atoms with Gasteiger partial charge in [-0.15, -0.1) is 11.3 Å². The van der Waals surface area contributed by atoms with Crippen LogP contribution in [0.5, 0.6) is 0 Å². The fraction of sp³-hybridized carbons (Fsp3) is 0.310. The molecule has 2 fully saturated rings. The first-order valence-corrected chi connectivity index (χ1v) is 16.8. The summed E-state index contributed by atoms with van der Waals surface area (Å²) in [4.78, 5) is 15.6. The minimum atomic E-state index is -3.97. The number of aliphatic imine (C=N–C) groups is 1. The average Bonchev–Trinajstić information content (AvgIpc) is 3.43. The van der Waals surface area contributed by atoms with Gasteiger partial charge in [-0.05, 0) is 43.2 Å². The third kappa shape index (κ3) is 6.14. The summed E-state index contributed by atoms with van der Waals surface area (Å²) >= 11 is 7.86. The number of pyridine rings is 1. The van der Waals surface area contributed by atoms with Gasteiger partial charge in [0, 0.05) is 82.5 Å². The number of hydrogen-bond donors (Lipinski definition) is 2. The average molecular weight is 675 g/mol. The van der Waals surface area contributed by atoms with Crippen LogP contribution in [-0.2, 0) is 16.6 Å². The van der Waals surface area contributed by atoms with Crippen molar-refractivity contribution in [3.05, 3.63) is 105 Å². The normalized spacial score (nSPS) is 20.9. The van der Waals surface area contributed by atoms with Gasteiger partial charge < -0.3 is 4.90 Å². The maximum atomic E-state index is 14.1. The lowest BCUT2D eigenvalue weighted by Gasteiger charge is -2.32. The summed E-state index contributed by atoms with van der Waals surface area (Å²) in [5.74, 6) is -0.0771. The molecule has 0 bridgehead atoms. The zero-order chi connectivity index (χ0) is 31.3. The van der Waals surface area contributed by atoms with E-state index in [1.807, 2.05) is 23.1 Å². The molecule has 10 nitrogen and oxygen atoms in total. The van der Waals surface area contributed by atoms with E-state index in [9.17, 15) is 21.6 Å². The molecule has 1 aliphatic carbocycles. The quantitative estimate of drug-likeness (QED) is 0.242. The lowest BCUT2D eigenvalue weighted by Crippen LogP contribution is -2.49. The molecule has 2 aliphatic heterocycles. The fourth-order valence-corrected chi connectivity index (χ4v) is 8.30. The third-order valence-corrected chi connectivity index (χ3v) is 10.4. The number of rotatable bonds is 10. The van der Waals surface area contributed by atoms with Crippen molar-refractivity contribution in [1.29, 1.82) is 0 Å². The molecule has 2 N–H and O–H groups in total. The third-order valence-electron chi connectivity index (χ3n) is 8.00. The van der Waals surface area contributed by atoms with Crippen molar-refractivity contribution in [2.75, 3.05) is 6.54 Å². The number of fused-ring (bicyclic) bond motifs is 1. The molecule has 1 saturated heterocycles. The predicted octanol–water partition coefficient (Wildman–Crippen LogP) is 5.11. The van der Waals surface area contributed by atoms with Crippen LogP contribution in [0.2, 0.25) is 5.02 Å². The summed E-state index contributed by atoms with van der Waals surface area (Å²) in [6.45, 7) is -2.67. The zero-order valence-corrected chi connectivity index (χ0v) is 25.8. The second kappa shape index (κ2) is 11.6. The molecule has 1 saturated carbocycles. The Kier molecular flexibility index (Phi) is 7.76. The molecule has 1 aromatic carbocycles. The van der Waals surface area contributed by atoms with Crippen molar-refractivity contribution in [3.8, 4) is 0 Å². The van der Waals surface area contributed by atoms with Crippen molar-refractivity contribution in [3.63, 3.8) is 0 Å². The molecule has 0 spiro atoms. The monoisotopic (exact) mass is 674 g/mol. The maximum absolute atomic E-state index is 14.1. The molecule has 3 aliphatic rings. The van der Waals surface area contributed by atoms with Gasteiger partial charge >= 0.3 is 6.55 Å². The number of amidine groups is 1. The van der Waals surface area contributed by atoms with Crippen LogP contribution in [0.15, 0.2) is 77.1 Å². The molecule has 3 aromatic heterocycles. The Hall–Kier alpha value is -3.63. The SMILES string of the molecule is O=S(=O)(N[C@H]1CC2=C(c3ccn(C(F)F)n3)[C@H](c3ccc(F)cc3Cl)N=C(c3nccs3)N2C1)NC1(Cc2ccccn2)CC1. The van der Waals surface area contributed by atoms with E-state index in [0.717, 1.165) is 18.0 Å². The number of hydrogen-bond acceptors (Lipinski definition) is 8. The second-order valence-corrected chi connectivity index (χ2v) is 13.9. The Morgan fingerprint density at radius 1 is 1.13 bits per heavy atom. The van der Waals surface area contributed by atoms with Crippen LogP contribution in [0.4, 0.5) is 13.2 Å². The first-order chi connectivity index (χ1) is 21.6. The summed E-state index contributed by atoms with van der Waals surface area (Å²) in [5.41, 5.74) is 1.93. The highest BCUT2D eigenvalue weighted by Gasteiger charge is 2.47. The van der Waals surface area contributed by atoms with Crippen LogP contribution in [-0.4, -0.2) is 57.0 Å². The van der Waals surface area contributed by atoms with Gasteiger partial charge in [-0.3, -0.25) is 9.98 Å². The number of alkyl halides is 2. The molecule has 234 valence electrons. The highest BCUT2D eigenvalue weighted by Crippen LogP contribution is 2.46. The lowest BCUT2D eigenvalue weighted by molar-refractivity contribution is 0.0564. The molecule has 4 aromatic rings. The number of nitrogens with zero attached hydrogens (tertiary/aromatic N) is 6. The van der Waals surface area contributed by atoms with Crippen molar-refractivity contribution in [2.45, 2.75) is 49.9 Å². The number of nitrogens with one attached hydrogen (secondary N) is 2. The predicted molar refractivity (Wildman–Crippen MR) is 163 cm³/mol. The topological polar surface area (TPSA) is 117 Å². The van der Waals surface area contributed by atoms with E-state index in [1.54, 1.807) is 17.8 Å². The van der Waals surface area contributed by atoms with Gasteiger partial charge in [0.25, 0.3) is 10.2 Å². The van der Waals surface area contributed by atoms with Crippen molar-refractivity contribution in [1.82, 2.24) is 34.1 Å². The van der Waals surface area contributed by atoms with E-state index in [4.69, 9.17) is 16.6 Å². The molecular formula is C29H26ClF3N8O2S2. The largest absolute Gasteiger partial charge is 0.333 e. The van der Waals surface area contributed by atoms with Gasteiger partial charge in [0.1, 0.15) is 11.9 Å². The van der Waals surface area contributed by atoms with Crippen LogP contribution in [0, 0.1) is 5.82 Å². The smallest absolute Gasteiger partial charge is 0.326 e. The number of halogens is 4. The minimum absolute atomic E-state index is 0.101. The van der Waals surface area contributed by atoms with Gasteiger partial charge in [0.2, 0.25) is 0 Å². The second-order valence-electron chi connectivity index (χ2n) is 11.2. The first-order valence-electron chi connectivity index (χ1n) is 14.1. The highest BCUT2D eigenvalue weighted by atomic mass is 35.5. The van der Waals surface area contributed by atoms with Crippen molar-refractivity contribution in [2.24, 2.45) is 4.99 Å². The molecule has 0 radical (unpaired) electrons. The Balaban J connectivity index is 1.25. The molecule has 45 heavy (non-hydrogen) atoms. The molecule has 16 heteroatoms. The van der Waals surface area contributed by atoms with Crippen molar-refractivity contribution < 1.29 is 21.6 Å². The van der Waals surface area contributed by atoms with E-state index in [0.29, 0.717) is 51.6 Å². The molecule has 5 heterocycles. The van der Waals surface area contributed by atoms with Gasteiger partial charge in [-0.25, -0.2) is 14.1 Å². The summed E-state index contributed by atoms with van der Waals surface area (Å²) in [7, 11) is -3.97. The number of aromatic nitrogens is 4. The Morgan fingerprint density at radius 2 is 1.98 bits per heavy atom. The van der Waals surface area contributed by atoms with Crippen molar-refractivity contribution >= 4 is 44.6 Å². The summed E-state index contributed by atoms with van der Waals surface area (Å²) in [6, 6.07) is 9.44. The van der Waals surface area contributed by atoms with Gasteiger partial charge in [0.15, 0.2) is 10.8 Å². The number of benzene rings is 1. The molecule has 0 amide bonds. The summed E-state index contributed by atoms with van der Waals surface area (Å²) < 4.78 is 74.4. The fourth-order valence-electron chi connectivity index (χ4n) is 5.88. The first kappa shape index (κ1) is 30.0. The van der Waals surface area contributed by atoms with E-state index >= 15 is 0 Å². The maximum Gasteiger partial charge on any atom is 0.333 e. The van der Waals surface area contributed by atoms with E-state index in [-0.39, 0.29) is 23.7 Å². The van der Waals surface area contributed by atoms with Crippen LogP contribution < -0.4 is 9.44 Å². The van der Waals surface area contributed by atoms with Gasteiger partial charge in [0.05, 0.1) is 5.69 Å². The van der Waals surface area contributed by atoms with Gasteiger partial charge in [-0.1, -0.05) is 23.7 Å². The lowest BCUT2D eigenvalue weighted by atomic mass is 9.92. The van der Waals surface area contributed by atoms with Gasteiger partial charge in [-0.2, -0.15) is 31.7 Å². The van der Waals surface area contributed by atoms with E-state index < -0.39 is 40.2 Å². The van der Waals surface area contributed by atoms with Crippen LogP contribution in [0.1, 0.15) is 53.8 Å². The molecule has 0 unspecified atom stereocenters.